The molecule has 3 heterocycles. The van der Waals surface area contributed by atoms with Gasteiger partial charge in [0.25, 0.3) is 11.8 Å². The van der Waals surface area contributed by atoms with E-state index in [0.29, 0.717) is 63.1 Å². The number of carbonyl (C=O) groups is 5. The molecule has 11 heteroatoms. The smallest absolute Gasteiger partial charge is 0.289 e. The van der Waals surface area contributed by atoms with Crippen molar-refractivity contribution in [2.75, 3.05) is 20.2 Å². The average Bonchev–Trinajstić information content (AvgIpc) is 3.35. The minimum Gasteiger partial charge on any atom is -0.496 e. The van der Waals surface area contributed by atoms with Crippen LogP contribution in [0.5, 0.6) is 5.75 Å². The Morgan fingerprint density at radius 2 is 2.05 bits per heavy atom. The Labute approximate surface area is 244 Å². The van der Waals surface area contributed by atoms with Gasteiger partial charge in [0.1, 0.15) is 17.0 Å². The molecule has 1 aliphatic carbocycles. The number of methoxy groups -OCH3 is 1. The summed E-state index contributed by atoms with van der Waals surface area (Å²) in [6.45, 7) is 4.74. The second kappa shape index (κ2) is 12.4. The first-order chi connectivity index (χ1) is 20.3. The zero-order valence-electron chi connectivity index (χ0n) is 24.0. The molecule has 224 valence electrons. The number of fused-ring (bicyclic) bond motifs is 1. The maximum atomic E-state index is 14.2. The summed E-state index contributed by atoms with van der Waals surface area (Å²) in [6, 6.07) is 6.09. The van der Waals surface area contributed by atoms with E-state index in [1.165, 1.54) is 0 Å². The van der Waals surface area contributed by atoms with Crippen molar-refractivity contribution in [2.45, 2.75) is 75.4 Å². The van der Waals surface area contributed by atoms with Gasteiger partial charge in [0.05, 0.1) is 13.2 Å². The lowest BCUT2D eigenvalue weighted by Crippen LogP contribution is -2.61. The lowest BCUT2D eigenvalue weighted by atomic mass is 9.87. The monoisotopic (exact) mass is 577 g/mol. The fraction of sp³-hybridized carbons (Fsp3) is 0.516. The third kappa shape index (κ3) is 5.91. The van der Waals surface area contributed by atoms with E-state index in [1.807, 2.05) is 18.2 Å². The van der Waals surface area contributed by atoms with Crippen LogP contribution in [0.1, 0.15) is 68.3 Å². The van der Waals surface area contributed by atoms with Crippen LogP contribution < -0.4 is 20.7 Å². The van der Waals surface area contributed by atoms with Crippen LogP contribution in [-0.4, -0.2) is 77.1 Å². The molecule has 1 aromatic carbocycles. The second-order valence-corrected chi connectivity index (χ2v) is 11.5. The molecule has 1 aromatic heterocycles. The van der Waals surface area contributed by atoms with Crippen LogP contribution in [0.25, 0.3) is 10.9 Å². The van der Waals surface area contributed by atoms with Crippen LogP contribution in [0.2, 0.25) is 0 Å². The van der Waals surface area contributed by atoms with E-state index >= 15 is 0 Å². The quantitative estimate of drug-likeness (QED) is 0.212. The molecular weight excluding hydrogens is 538 g/mol. The molecule has 11 nitrogen and oxygen atoms in total. The minimum atomic E-state index is -1.23. The normalized spacial score (nSPS) is 22.5. The lowest BCUT2D eigenvalue weighted by molar-refractivity contribution is -0.141. The predicted octanol–water partition coefficient (Wildman–Crippen LogP) is 2.37. The number of allylic oxidation sites excluding steroid dienone is 1. The number of H-pyrrole nitrogens is 1. The Hall–Kier alpha value is -4.15. The van der Waals surface area contributed by atoms with Crippen molar-refractivity contribution < 1.29 is 28.7 Å². The number of aromatic nitrogens is 1. The number of carbonyl (C=O) groups excluding carboxylic acids is 5. The van der Waals surface area contributed by atoms with Crippen molar-refractivity contribution >= 4 is 40.3 Å². The maximum Gasteiger partial charge on any atom is 0.289 e. The Morgan fingerprint density at radius 3 is 2.74 bits per heavy atom. The molecule has 1 saturated carbocycles. The maximum absolute atomic E-state index is 14.2. The third-order valence-corrected chi connectivity index (χ3v) is 8.72. The van der Waals surface area contributed by atoms with E-state index in [1.54, 1.807) is 24.2 Å². The zero-order chi connectivity index (χ0) is 29.9. The number of hydrogen-bond acceptors (Lipinski definition) is 6. The summed E-state index contributed by atoms with van der Waals surface area (Å²) in [5.74, 6) is -2.00. The molecular formula is C31H39N5O6. The van der Waals surface area contributed by atoms with Crippen LogP contribution in [-0.2, 0) is 19.2 Å². The molecule has 1 unspecified atom stereocenters. The van der Waals surface area contributed by atoms with Gasteiger partial charge in [-0.3, -0.25) is 24.0 Å². The molecule has 3 aliphatic rings. The number of rotatable bonds is 13. The molecule has 3 fully saturated rings. The van der Waals surface area contributed by atoms with E-state index in [4.69, 9.17) is 4.74 Å². The zero-order valence-corrected chi connectivity index (χ0v) is 24.0. The fourth-order valence-electron chi connectivity index (χ4n) is 6.18. The summed E-state index contributed by atoms with van der Waals surface area (Å²) >= 11 is 0. The van der Waals surface area contributed by atoms with Crippen molar-refractivity contribution in [1.82, 2.24) is 25.8 Å². The standard InChI is InChI=1S/C31H39N5O6/c1-3-4-14-31(15-6-17-36(31)29(40)24-18-21-22(34-24)7-5-8-25(21)42-2)30(41)35-23(12-9-19-13-16-32-27(19)38)26(37)28(39)33-20-10-11-20/h3,5,7-8,18-20,23,34H,1,4,6,9-17H2,2H3,(H,32,38)(H,33,39)(H,35,41)/t19-,23+,31?/m1/s1. The van der Waals surface area contributed by atoms with E-state index < -0.39 is 29.2 Å². The highest BCUT2D eigenvalue weighted by molar-refractivity contribution is 6.38. The van der Waals surface area contributed by atoms with Crippen molar-refractivity contribution in [1.29, 1.82) is 0 Å². The molecule has 2 aliphatic heterocycles. The van der Waals surface area contributed by atoms with Gasteiger partial charge in [-0.15, -0.1) is 6.58 Å². The van der Waals surface area contributed by atoms with E-state index in [9.17, 15) is 24.0 Å². The highest BCUT2D eigenvalue weighted by Crippen LogP contribution is 2.37. The van der Waals surface area contributed by atoms with E-state index in [2.05, 4.69) is 27.5 Å². The topological polar surface area (TPSA) is 150 Å². The highest BCUT2D eigenvalue weighted by Gasteiger charge is 2.50. The number of ketones is 1. The van der Waals surface area contributed by atoms with Crippen molar-refractivity contribution in [2.24, 2.45) is 5.92 Å². The van der Waals surface area contributed by atoms with E-state index in [0.717, 1.165) is 23.7 Å². The number of ether oxygens (including phenoxy) is 1. The van der Waals surface area contributed by atoms with Gasteiger partial charge in [-0.25, -0.2) is 0 Å². The van der Waals surface area contributed by atoms with Crippen LogP contribution in [0.4, 0.5) is 0 Å². The summed E-state index contributed by atoms with van der Waals surface area (Å²) in [6.07, 6.45) is 6.28. The fourth-order valence-corrected chi connectivity index (χ4v) is 6.18. The molecule has 2 aromatic rings. The molecule has 3 atom stereocenters. The number of nitrogens with one attached hydrogen (secondary N) is 4. The Kier molecular flexibility index (Phi) is 8.65. The van der Waals surface area contributed by atoms with E-state index in [-0.39, 0.29) is 30.2 Å². The predicted molar refractivity (Wildman–Crippen MR) is 156 cm³/mol. The van der Waals surface area contributed by atoms with Gasteiger partial charge in [-0.1, -0.05) is 12.1 Å². The number of likely N-dealkylation sites (tertiary alicyclic amines) is 1. The van der Waals surface area contributed by atoms with Gasteiger partial charge >= 0.3 is 0 Å². The number of aromatic amines is 1. The van der Waals surface area contributed by atoms with Gasteiger partial charge in [0.2, 0.25) is 17.6 Å². The third-order valence-electron chi connectivity index (χ3n) is 8.72. The molecule has 42 heavy (non-hydrogen) atoms. The van der Waals surface area contributed by atoms with Crippen molar-refractivity contribution in [3.05, 3.63) is 42.6 Å². The SMILES string of the molecule is C=CCCC1(C(=O)N[C@@H](CC[C@@H]2CCNC2=O)C(=O)C(=O)NC2CC2)CCCN1C(=O)c1cc2c(OC)cccc2[nH]1. The van der Waals surface area contributed by atoms with Gasteiger partial charge in [0, 0.05) is 36.0 Å². The van der Waals surface area contributed by atoms with Gasteiger partial charge in [0.15, 0.2) is 0 Å². The summed E-state index contributed by atoms with van der Waals surface area (Å²) in [7, 11) is 1.57. The summed E-state index contributed by atoms with van der Waals surface area (Å²) in [4.78, 5) is 71.2. The molecule has 2 saturated heterocycles. The largest absolute Gasteiger partial charge is 0.496 e. The molecule has 4 N–H and O–H groups in total. The van der Waals surface area contributed by atoms with Crippen LogP contribution >= 0.6 is 0 Å². The molecule has 0 bridgehead atoms. The Bertz CT molecular complexity index is 1400. The second-order valence-electron chi connectivity index (χ2n) is 11.5. The first kappa shape index (κ1) is 29.3. The lowest BCUT2D eigenvalue weighted by Gasteiger charge is -2.38. The summed E-state index contributed by atoms with van der Waals surface area (Å²) in [5, 5.41) is 9.13. The molecule has 0 spiro atoms. The average molecular weight is 578 g/mol. The van der Waals surface area contributed by atoms with Gasteiger partial charge < -0.3 is 30.6 Å². The first-order valence-corrected chi connectivity index (χ1v) is 14.8. The van der Waals surface area contributed by atoms with Gasteiger partial charge in [-0.2, -0.15) is 0 Å². The van der Waals surface area contributed by atoms with Gasteiger partial charge in [-0.05, 0) is 76.0 Å². The van der Waals surface area contributed by atoms with Crippen LogP contribution in [0.15, 0.2) is 36.9 Å². The Morgan fingerprint density at radius 1 is 1.24 bits per heavy atom. The van der Waals surface area contributed by atoms with Crippen molar-refractivity contribution in [3.63, 3.8) is 0 Å². The summed E-state index contributed by atoms with van der Waals surface area (Å²) < 4.78 is 5.45. The van der Waals surface area contributed by atoms with Crippen LogP contribution in [0.3, 0.4) is 0 Å². The Balaban J connectivity index is 1.40. The van der Waals surface area contributed by atoms with Crippen LogP contribution in [0, 0.1) is 5.92 Å². The highest BCUT2D eigenvalue weighted by atomic mass is 16.5. The molecule has 4 amide bonds. The number of amides is 4. The molecule has 0 radical (unpaired) electrons. The number of hydrogen-bond donors (Lipinski definition) is 4. The minimum absolute atomic E-state index is 0.0183. The first-order valence-electron chi connectivity index (χ1n) is 14.8. The molecule has 5 rings (SSSR count). The van der Waals surface area contributed by atoms with Crippen molar-refractivity contribution in [3.8, 4) is 5.75 Å². The summed E-state index contributed by atoms with van der Waals surface area (Å²) in [5.41, 5.74) is -0.166. The number of benzene rings is 1. The number of Topliss-reactive ketones (excluding diaryl/α,β-unsaturated/α-hetero) is 1. The number of nitrogens with zero attached hydrogens (tertiary/aromatic N) is 1.